The van der Waals surface area contributed by atoms with Gasteiger partial charge in [-0.2, -0.15) is 0 Å². The number of benzene rings is 2. The topological polar surface area (TPSA) is 18.5 Å². The zero-order chi connectivity index (χ0) is 34.7. The van der Waals surface area contributed by atoms with Crippen LogP contribution in [0.15, 0.2) is 60.9 Å². The Balaban J connectivity index is 0.000000401. The second-order valence-corrected chi connectivity index (χ2v) is 14.1. The molecule has 0 aromatic heterocycles. The summed E-state index contributed by atoms with van der Waals surface area (Å²) in [5, 5.41) is 0. The molecule has 2 heteroatoms. The predicted molar refractivity (Wildman–Crippen MR) is 212 cm³/mol. The third-order valence-electron chi connectivity index (χ3n) is 10.2. The van der Waals surface area contributed by atoms with E-state index >= 15 is 0 Å². The number of unbranched alkanes of at least 4 members (excludes halogenated alkanes) is 19. The number of hydrogen-bond donors (Lipinski definition) is 0. The molecule has 2 aromatic carbocycles. The fraction of sp³-hybridized carbons (Fsp3) is 0.652. The van der Waals surface area contributed by atoms with Crippen molar-refractivity contribution in [2.75, 3.05) is 13.7 Å². The second-order valence-electron chi connectivity index (χ2n) is 14.1. The van der Waals surface area contributed by atoms with Gasteiger partial charge in [0, 0.05) is 17.9 Å². The molecule has 1 aliphatic rings. The molecule has 48 heavy (non-hydrogen) atoms. The lowest BCUT2D eigenvalue weighted by molar-refractivity contribution is 0.206. The minimum atomic E-state index is 0.270. The highest BCUT2D eigenvalue weighted by Crippen LogP contribution is 2.42. The van der Waals surface area contributed by atoms with Crippen molar-refractivity contribution >= 4 is 0 Å². The Morgan fingerprint density at radius 1 is 0.667 bits per heavy atom. The third kappa shape index (κ3) is 16.3. The van der Waals surface area contributed by atoms with Crippen LogP contribution < -0.4 is 4.74 Å². The van der Waals surface area contributed by atoms with Crippen LogP contribution in [-0.2, 0) is 17.6 Å². The summed E-state index contributed by atoms with van der Waals surface area (Å²) in [7, 11) is 1.78. The summed E-state index contributed by atoms with van der Waals surface area (Å²) in [5.74, 6) is 2.34. The van der Waals surface area contributed by atoms with E-state index in [2.05, 4.69) is 62.9 Å². The van der Waals surface area contributed by atoms with Crippen LogP contribution >= 0.6 is 0 Å². The summed E-state index contributed by atoms with van der Waals surface area (Å²) in [6.07, 6.45) is 35.5. The highest BCUT2D eigenvalue weighted by atomic mass is 16.5. The molecule has 270 valence electrons. The van der Waals surface area contributed by atoms with Crippen LogP contribution in [-0.4, -0.2) is 13.7 Å². The molecule has 2 aromatic rings. The third-order valence-corrected chi connectivity index (χ3v) is 10.2. The van der Waals surface area contributed by atoms with Crippen LogP contribution in [0, 0.1) is 0 Å². The minimum Gasteiger partial charge on any atom is -0.499 e. The van der Waals surface area contributed by atoms with Crippen molar-refractivity contribution in [3.63, 3.8) is 0 Å². The molecule has 0 heterocycles. The zero-order valence-electron chi connectivity index (χ0n) is 32.2. The molecule has 0 amide bonds. The fourth-order valence-corrected chi connectivity index (χ4v) is 7.13. The number of methoxy groups -OCH3 is 1. The maximum atomic E-state index is 5.70. The van der Waals surface area contributed by atoms with Crippen molar-refractivity contribution in [1.29, 1.82) is 0 Å². The first-order chi connectivity index (χ1) is 23.6. The van der Waals surface area contributed by atoms with Gasteiger partial charge in [-0.05, 0) is 61.4 Å². The summed E-state index contributed by atoms with van der Waals surface area (Å²) in [5.41, 5.74) is 7.17. The first-order valence-corrected chi connectivity index (χ1v) is 20.3. The van der Waals surface area contributed by atoms with Crippen molar-refractivity contribution in [2.45, 2.75) is 181 Å². The van der Waals surface area contributed by atoms with Crippen LogP contribution in [0.5, 0.6) is 5.75 Å². The lowest BCUT2D eigenvalue weighted by atomic mass is 9.75. The van der Waals surface area contributed by atoms with Gasteiger partial charge in [0.15, 0.2) is 0 Å². The number of rotatable bonds is 26. The molecule has 1 aliphatic carbocycles. The lowest BCUT2D eigenvalue weighted by Crippen LogP contribution is -2.15. The molecule has 0 spiro atoms. The van der Waals surface area contributed by atoms with Gasteiger partial charge in [-0.3, -0.25) is 0 Å². The van der Waals surface area contributed by atoms with Gasteiger partial charge in [0.1, 0.15) is 5.75 Å². The number of aryl methyl sites for hydroxylation is 1. The molecule has 0 fully saturated rings. The first kappa shape index (κ1) is 41.7. The van der Waals surface area contributed by atoms with E-state index in [1.165, 1.54) is 169 Å². The zero-order valence-corrected chi connectivity index (χ0v) is 32.2. The molecule has 2 nitrogen and oxygen atoms in total. The monoisotopic (exact) mass is 659 g/mol. The highest BCUT2D eigenvalue weighted by molar-refractivity contribution is 5.57. The van der Waals surface area contributed by atoms with E-state index in [0.29, 0.717) is 0 Å². The summed E-state index contributed by atoms with van der Waals surface area (Å²) in [6.45, 7) is 13.7. The molecule has 0 N–H and O–H groups in total. The average Bonchev–Trinajstić information content (AvgIpc) is 3.11. The number of fused-ring (bicyclic) bond motifs is 2. The van der Waals surface area contributed by atoms with Gasteiger partial charge >= 0.3 is 0 Å². The van der Waals surface area contributed by atoms with Gasteiger partial charge in [-0.25, -0.2) is 0 Å². The van der Waals surface area contributed by atoms with Gasteiger partial charge in [0.2, 0.25) is 0 Å². The summed E-state index contributed by atoms with van der Waals surface area (Å²) < 4.78 is 11.2. The summed E-state index contributed by atoms with van der Waals surface area (Å²) in [6, 6.07) is 13.3. The molecule has 0 saturated carbocycles. The summed E-state index contributed by atoms with van der Waals surface area (Å²) in [4.78, 5) is 0. The van der Waals surface area contributed by atoms with Crippen molar-refractivity contribution in [3.05, 3.63) is 88.7 Å². The first-order valence-electron chi connectivity index (χ1n) is 20.3. The molecular weight excluding hydrogens is 585 g/mol. The maximum absolute atomic E-state index is 5.70. The standard InChI is InChI=1S/C30H42O.C16H32O/c1-4-6-7-8-9-10-11-12-13-14-15-18-24-19-16-20-26-25(5-2)27-21-17-22-30(31-3)29(27)23-28(24)26;1-4-6-7-8-9-10-11-12-13-14-15-17-16(3)5-2/h5,16-17,19-22,25H,2,4,6-15,18,23H2,1,3H3;5H,4,6-15H2,1-3H3/b;16-5+. The molecule has 0 bridgehead atoms. The summed E-state index contributed by atoms with van der Waals surface area (Å²) >= 11 is 0. The lowest BCUT2D eigenvalue weighted by Gasteiger charge is -2.29. The number of hydrogen-bond acceptors (Lipinski definition) is 2. The van der Waals surface area contributed by atoms with Gasteiger partial charge in [-0.15, -0.1) is 6.58 Å². The van der Waals surface area contributed by atoms with Gasteiger partial charge in [-0.1, -0.05) is 178 Å². The van der Waals surface area contributed by atoms with Crippen molar-refractivity contribution < 1.29 is 9.47 Å². The Hall–Kier alpha value is -2.48. The number of ether oxygens (including phenoxy) is 2. The Kier molecular flexibility index (Phi) is 23.8. The van der Waals surface area contributed by atoms with Crippen LogP contribution in [0.1, 0.15) is 196 Å². The maximum Gasteiger partial charge on any atom is 0.122 e. The normalized spacial score (nSPS) is 13.7. The molecule has 1 atom stereocenters. The smallest absolute Gasteiger partial charge is 0.122 e. The minimum absolute atomic E-state index is 0.270. The second kappa shape index (κ2) is 27.4. The van der Waals surface area contributed by atoms with E-state index < -0.39 is 0 Å². The van der Waals surface area contributed by atoms with Crippen LogP contribution in [0.4, 0.5) is 0 Å². The Morgan fingerprint density at radius 2 is 1.15 bits per heavy atom. The van der Waals surface area contributed by atoms with Crippen molar-refractivity contribution in [2.24, 2.45) is 0 Å². The van der Waals surface area contributed by atoms with Crippen LogP contribution in [0.2, 0.25) is 0 Å². The Morgan fingerprint density at radius 3 is 1.65 bits per heavy atom. The molecule has 0 saturated heterocycles. The molecule has 3 rings (SSSR count). The molecule has 1 unspecified atom stereocenters. The van der Waals surface area contributed by atoms with Crippen molar-refractivity contribution in [3.8, 4) is 5.75 Å². The van der Waals surface area contributed by atoms with Gasteiger partial charge in [0.05, 0.1) is 19.5 Å². The van der Waals surface area contributed by atoms with Crippen molar-refractivity contribution in [1.82, 2.24) is 0 Å². The quantitative estimate of drug-likeness (QED) is 0.0569. The van der Waals surface area contributed by atoms with E-state index in [-0.39, 0.29) is 5.92 Å². The molecule has 0 aliphatic heterocycles. The van der Waals surface area contributed by atoms with E-state index in [0.717, 1.165) is 24.5 Å². The Labute approximate surface area is 298 Å². The van der Waals surface area contributed by atoms with Gasteiger partial charge in [0.25, 0.3) is 0 Å². The fourth-order valence-electron chi connectivity index (χ4n) is 7.13. The van der Waals surface area contributed by atoms with Gasteiger partial charge < -0.3 is 9.47 Å². The van der Waals surface area contributed by atoms with E-state index in [1.54, 1.807) is 7.11 Å². The largest absolute Gasteiger partial charge is 0.499 e. The SMILES string of the molecule is C/C=C(\C)OCCCCCCCCCCCC.C=CC1c2cccc(CCCCCCCCCCCCC)c2Cc2c(OC)cccc21. The van der Waals surface area contributed by atoms with E-state index in [9.17, 15) is 0 Å². The average molecular weight is 659 g/mol. The van der Waals surface area contributed by atoms with Crippen LogP contribution in [0.3, 0.4) is 0 Å². The molecule has 0 radical (unpaired) electrons. The van der Waals surface area contributed by atoms with Crippen LogP contribution in [0.25, 0.3) is 0 Å². The Bertz CT molecular complexity index is 1130. The molecular formula is C46H74O2. The predicted octanol–water partition coefficient (Wildman–Crippen LogP) is 14.6. The van der Waals surface area contributed by atoms with E-state index in [4.69, 9.17) is 9.47 Å². The highest BCUT2D eigenvalue weighted by Gasteiger charge is 2.27. The number of allylic oxidation sites excluding steroid dienone is 3. The van der Waals surface area contributed by atoms with E-state index in [1.807, 2.05) is 19.9 Å².